The number of aliphatic hydroxyl groups excluding tert-OH is 1. The number of nitrogens with zero attached hydrogens (tertiary/aromatic N) is 5. The Labute approximate surface area is 209 Å². The Kier molecular flexibility index (Phi) is 6.68. The van der Waals surface area contributed by atoms with Crippen LogP contribution in [0.5, 0.6) is 0 Å². The van der Waals surface area contributed by atoms with E-state index >= 15 is 4.39 Å². The predicted octanol–water partition coefficient (Wildman–Crippen LogP) is 4.93. The van der Waals surface area contributed by atoms with Crippen LogP contribution in [0.1, 0.15) is 43.9 Å². The Morgan fingerprint density at radius 1 is 1.06 bits per heavy atom. The van der Waals surface area contributed by atoms with Gasteiger partial charge in [0.05, 0.1) is 23.8 Å². The summed E-state index contributed by atoms with van der Waals surface area (Å²) in [6, 6.07) is 6.72. The Bertz CT molecular complexity index is 1270. The molecule has 1 unspecified atom stereocenters. The summed E-state index contributed by atoms with van der Waals surface area (Å²) in [4.78, 5) is 17.0. The van der Waals surface area contributed by atoms with Crippen LogP contribution in [0.2, 0.25) is 0 Å². The number of hydrogen-bond acceptors (Lipinski definition) is 7. The van der Waals surface area contributed by atoms with Crippen molar-refractivity contribution in [3.05, 3.63) is 65.6 Å². The first-order valence-corrected chi connectivity index (χ1v) is 12.2. The maximum Gasteiger partial charge on any atom is 0.227 e. The first-order valence-electron chi connectivity index (χ1n) is 12.2. The van der Waals surface area contributed by atoms with Crippen molar-refractivity contribution in [3.8, 4) is 11.3 Å². The summed E-state index contributed by atoms with van der Waals surface area (Å²) in [5.74, 6) is -0.559. The smallest absolute Gasteiger partial charge is 0.227 e. The molecule has 0 bridgehead atoms. The Hall–Kier alpha value is -3.43. The first-order chi connectivity index (χ1) is 17.3. The van der Waals surface area contributed by atoms with Gasteiger partial charge in [0.2, 0.25) is 5.95 Å². The summed E-state index contributed by atoms with van der Waals surface area (Å²) in [6.07, 6.45) is 7.14. The van der Waals surface area contributed by atoms with Gasteiger partial charge in [0.15, 0.2) is 5.82 Å². The van der Waals surface area contributed by atoms with Crippen molar-refractivity contribution in [2.24, 2.45) is 0 Å². The quantitative estimate of drug-likeness (QED) is 0.523. The second kappa shape index (κ2) is 9.91. The lowest BCUT2D eigenvalue weighted by Crippen LogP contribution is -2.41. The number of nitrogens with one attached hydrogen (secondary N) is 1. The fraction of sp³-hybridized carbons (Fsp3) is 0.370. The molecule has 188 valence electrons. The van der Waals surface area contributed by atoms with E-state index in [2.05, 4.69) is 32.2 Å². The number of halogens is 2. The topological polar surface area (TPSA) is 77.4 Å². The van der Waals surface area contributed by atoms with Gasteiger partial charge in [0.25, 0.3) is 0 Å². The average Bonchev–Trinajstić information content (AvgIpc) is 2.85. The lowest BCUT2D eigenvalue weighted by Gasteiger charge is -2.36. The SMILES string of the molecule is CC(C)N1c2cc(-c3nc(Nc4ccc(C5CCN(C)CC5)nc4)ncc3F)cc(F)c2C=CC1O. The number of anilines is 3. The van der Waals surface area contributed by atoms with Crippen LogP contribution in [-0.4, -0.2) is 57.4 Å². The van der Waals surface area contributed by atoms with E-state index in [1.54, 1.807) is 23.2 Å². The van der Waals surface area contributed by atoms with Gasteiger partial charge in [-0.3, -0.25) is 4.98 Å². The molecule has 0 spiro atoms. The molecule has 5 rings (SSSR count). The third-order valence-corrected chi connectivity index (χ3v) is 6.86. The zero-order valence-corrected chi connectivity index (χ0v) is 20.6. The van der Waals surface area contributed by atoms with Crippen LogP contribution in [0, 0.1) is 11.6 Å². The van der Waals surface area contributed by atoms with E-state index < -0.39 is 17.9 Å². The average molecular weight is 493 g/mol. The first kappa shape index (κ1) is 24.3. The second-order valence-corrected chi connectivity index (χ2v) is 9.73. The minimum absolute atomic E-state index is 0.0298. The van der Waals surface area contributed by atoms with E-state index in [9.17, 15) is 9.50 Å². The van der Waals surface area contributed by atoms with Crippen molar-refractivity contribution >= 4 is 23.4 Å². The van der Waals surface area contributed by atoms with Crippen molar-refractivity contribution in [3.63, 3.8) is 0 Å². The molecule has 1 aromatic carbocycles. The van der Waals surface area contributed by atoms with Gasteiger partial charge in [0.1, 0.15) is 17.7 Å². The molecule has 2 N–H and O–H groups in total. The molecule has 36 heavy (non-hydrogen) atoms. The number of aliphatic hydroxyl groups is 1. The van der Waals surface area contributed by atoms with Crippen molar-refractivity contribution in [2.75, 3.05) is 30.4 Å². The fourth-order valence-electron chi connectivity index (χ4n) is 4.90. The number of likely N-dealkylation sites (tertiary alicyclic amines) is 1. The minimum Gasteiger partial charge on any atom is -0.370 e. The van der Waals surface area contributed by atoms with Gasteiger partial charge in [-0.15, -0.1) is 0 Å². The molecule has 1 fully saturated rings. The number of hydrogen-bond donors (Lipinski definition) is 2. The summed E-state index contributed by atoms with van der Waals surface area (Å²) < 4.78 is 29.8. The van der Waals surface area contributed by atoms with Crippen LogP contribution >= 0.6 is 0 Å². The Morgan fingerprint density at radius 3 is 2.53 bits per heavy atom. The monoisotopic (exact) mass is 492 g/mol. The van der Waals surface area contributed by atoms with Gasteiger partial charge in [-0.05, 0) is 83.2 Å². The highest BCUT2D eigenvalue weighted by Gasteiger charge is 2.27. The van der Waals surface area contributed by atoms with Gasteiger partial charge in [-0.25, -0.2) is 18.7 Å². The lowest BCUT2D eigenvalue weighted by molar-refractivity contribution is 0.207. The molecule has 9 heteroatoms. The third kappa shape index (κ3) is 4.81. The summed E-state index contributed by atoms with van der Waals surface area (Å²) in [6.45, 7) is 5.92. The Morgan fingerprint density at radius 2 is 1.83 bits per heavy atom. The van der Waals surface area contributed by atoms with Crippen LogP contribution in [0.25, 0.3) is 17.3 Å². The molecule has 2 aliphatic heterocycles. The fourth-order valence-corrected chi connectivity index (χ4v) is 4.90. The number of piperidine rings is 1. The number of aromatic nitrogens is 3. The number of pyridine rings is 1. The van der Waals surface area contributed by atoms with Crippen LogP contribution in [0.15, 0.2) is 42.7 Å². The summed E-state index contributed by atoms with van der Waals surface area (Å²) >= 11 is 0. The van der Waals surface area contributed by atoms with Gasteiger partial charge in [-0.2, -0.15) is 0 Å². The van der Waals surface area contributed by atoms with E-state index in [1.807, 2.05) is 26.0 Å². The van der Waals surface area contributed by atoms with E-state index in [1.165, 1.54) is 12.1 Å². The van der Waals surface area contributed by atoms with Gasteiger partial charge < -0.3 is 20.2 Å². The maximum atomic E-state index is 15.0. The molecule has 0 amide bonds. The van der Waals surface area contributed by atoms with Crippen LogP contribution in [-0.2, 0) is 0 Å². The molecule has 2 aromatic heterocycles. The van der Waals surface area contributed by atoms with Crippen LogP contribution in [0.4, 0.5) is 26.1 Å². The zero-order valence-electron chi connectivity index (χ0n) is 20.6. The maximum absolute atomic E-state index is 15.0. The molecule has 1 saturated heterocycles. The standard InChI is InChI=1S/C27H30F2N6O/c1-16(2)35-24-13-18(12-21(28)20(24)5-7-25(35)36)26-22(29)15-31-27(33-26)32-19-4-6-23(30-14-19)17-8-10-34(3)11-9-17/h4-7,12-17,25,36H,8-11H2,1-3H3,(H,31,32,33). The normalized spacial score (nSPS) is 18.5. The highest BCUT2D eigenvalue weighted by Crippen LogP contribution is 2.36. The van der Waals surface area contributed by atoms with E-state index in [-0.39, 0.29) is 23.2 Å². The van der Waals surface area contributed by atoms with Crippen molar-refractivity contribution < 1.29 is 13.9 Å². The van der Waals surface area contributed by atoms with E-state index in [0.717, 1.165) is 37.8 Å². The van der Waals surface area contributed by atoms with Crippen LogP contribution in [0.3, 0.4) is 0 Å². The van der Waals surface area contributed by atoms with E-state index in [4.69, 9.17) is 0 Å². The molecule has 0 saturated carbocycles. The minimum atomic E-state index is -0.899. The Balaban J connectivity index is 1.41. The van der Waals surface area contributed by atoms with E-state index in [0.29, 0.717) is 22.9 Å². The highest BCUT2D eigenvalue weighted by molar-refractivity contribution is 5.78. The predicted molar refractivity (Wildman–Crippen MR) is 137 cm³/mol. The van der Waals surface area contributed by atoms with Gasteiger partial charge in [0, 0.05) is 28.8 Å². The molecule has 4 heterocycles. The lowest BCUT2D eigenvalue weighted by atomic mass is 9.93. The molecular weight excluding hydrogens is 462 g/mol. The number of fused-ring (bicyclic) bond motifs is 1. The molecule has 0 aliphatic carbocycles. The molecule has 0 radical (unpaired) electrons. The summed E-state index contributed by atoms with van der Waals surface area (Å²) in [7, 11) is 2.13. The zero-order chi connectivity index (χ0) is 25.4. The molecule has 7 nitrogen and oxygen atoms in total. The molecule has 3 aromatic rings. The van der Waals surface area contributed by atoms with Crippen molar-refractivity contribution in [2.45, 2.75) is 44.9 Å². The van der Waals surface area contributed by atoms with Crippen LogP contribution < -0.4 is 10.2 Å². The molecule has 2 aliphatic rings. The molecule has 1 atom stereocenters. The van der Waals surface area contributed by atoms with Gasteiger partial charge in [-0.1, -0.05) is 0 Å². The number of benzene rings is 1. The van der Waals surface area contributed by atoms with Crippen molar-refractivity contribution in [1.29, 1.82) is 0 Å². The van der Waals surface area contributed by atoms with Crippen molar-refractivity contribution in [1.82, 2.24) is 19.9 Å². The summed E-state index contributed by atoms with van der Waals surface area (Å²) in [5, 5.41) is 13.5. The summed E-state index contributed by atoms with van der Waals surface area (Å²) in [5.41, 5.74) is 2.80. The third-order valence-electron chi connectivity index (χ3n) is 6.86. The number of rotatable bonds is 5. The molecular formula is C27H30F2N6O. The highest BCUT2D eigenvalue weighted by atomic mass is 19.1. The largest absolute Gasteiger partial charge is 0.370 e. The second-order valence-electron chi connectivity index (χ2n) is 9.73. The van der Waals surface area contributed by atoms with Gasteiger partial charge >= 0.3 is 0 Å².